The summed E-state index contributed by atoms with van der Waals surface area (Å²) in [6, 6.07) is 0. The first kappa shape index (κ1) is 8.78. The smallest absolute Gasteiger partial charge is 0.367 e. The molecule has 1 heterocycles. The molecule has 4 nitrogen and oxygen atoms in total. The summed E-state index contributed by atoms with van der Waals surface area (Å²) in [5.74, 6) is -0.683. The van der Waals surface area contributed by atoms with Gasteiger partial charge in [-0.2, -0.15) is 0 Å². The van der Waals surface area contributed by atoms with Crippen LogP contribution in [0.1, 0.15) is 12.8 Å². The molecule has 1 aliphatic rings. The summed E-state index contributed by atoms with van der Waals surface area (Å²) in [6.45, 7) is 0. The van der Waals surface area contributed by atoms with Crippen molar-refractivity contribution in [1.82, 2.24) is 0 Å². The highest BCUT2D eigenvalue weighted by Gasteiger charge is 2.32. The first-order valence-electron chi connectivity index (χ1n) is 3.35. The van der Waals surface area contributed by atoms with Crippen molar-refractivity contribution >= 4 is 7.60 Å². The quantitative estimate of drug-likeness (QED) is 0.650. The highest BCUT2D eigenvalue weighted by atomic mass is 31.2. The van der Waals surface area contributed by atoms with Crippen LogP contribution in [0.25, 0.3) is 0 Å². The molecular weight excluding hydrogens is 167 g/mol. The normalized spacial score (nSPS) is 29.1. The van der Waals surface area contributed by atoms with Crippen LogP contribution in [-0.4, -0.2) is 17.8 Å². The second-order valence-corrected chi connectivity index (χ2v) is 4.36. The van der Waals surface area contributed by atoms with Gasteiger partial charge in [0.2, 0.25) is 0 Å². The minimum Gasteiger partial charge on any atom is -0.486 e. The maximum absolute atomic E-state index is 11.1. The van der Waals surface area contributed by atoms with Crippen LogP contribution in [0.3, 0.4) is 0 Å². The van der Waals surface area contributed by atoms with Gasteiger partial charge in [0.1, 0.15) is 0 Å². The molecule has 0 fully saturated rings. The lowest BCUT2D eigenvalue weighted by atomic mass is 10.3. The maximum atomic E-state index is 11.1. The molecule has 0 saturated heterocycles. The fourth-order valence-electron chi connectivity index (χ4n) is 0.879. The molecule has 0 spiro atoms. The predicted molar refractivity (Wildman–Crippen MR) is 40.1 cm³/mol. The van der Waals surface area contributed by atoms with Gasteiger partial charge in [0.25, 0.3) is 0 Å². The molecule has 1 rings (SSSR count). The largest absolute Gasteiger partial charge is 0.486 e. The summed E-state index contributed by atoms with van der Waals surface area (Å²) in [5.41, 5.74) is 0. The van der Waals surface area contributed by atoms with E-state index in [-0.39, 0.29) is 0 Å². The van der Waals surface area contributed by atoms with Gasteiger partial charge >= 0.3 is 7.60 Å². The summed E-state index contributed by atoms with van der Waals surface area (Å²) in [6.07, 6.45) is 4.55. The van der Waals surface area contributed by atoms with E-state index in [4.69, 9.17) is 9.63 Å². The van der Waals surface area contributed by atoms with Crippen LogP contribution in [0.5, 0.6) is 0 Å². The summed E-state index contributed by atoms with van der Waals surface area (Å²) in [5, 5.41) is 0. The Morgan fingerprint density at radius 3 is 3.00 bits per heavy atom. The second kappa shape index (κ2) is 3.39. The van der Waals surface area contributed by atoms with Crippen molar-refractivity contribution in [1.29, 1.82) is 0 Å². The first-order valence-corrected chi connectivity index (χ1v) is 5.00. The van der Waals surface area contributed by atoms with Crippen LogP contribution in [0, 0.1) is 0 Å². The molecule has 11 heavy (non-hydrogen) atoms. The van der Waals surface area contributed by atoms with E-state index in [1.807, 2.05) is 6.08 Å². The molecule has 1 N–H and O–H groups in total. The van der Waals surface area contributed by atoms with Crippen LogP contribution < -0.4 is 0 Å². The van der Waals surface area contributed by atoms with E-state index >= 15 is 0 Å². The Hall–Kier alpha value is -0.310. The van der Waals surface area contributed by atoms with Crippen LogP contribution in [0.15, 0.2) is 12.3 Å². The highest BCUT2D eigenvalue weighted by molar-refractivity contribution is 7.53. The van der Waals surface area contributed by atoms with Crippen LogP contribution in [0.2, 0.25) is 0 Å². The Morgan fingerprint density at radius 1 is 1.82 bits per heavy atom. The van der Waals surface area contributed by atoms with Crippen LogP contribution in [0.4, 0.5) is 0 Å². The number of allylic oxidation sites excluding steroid dienone is 1. The topological polar surface area (TPSA) is 55.8 Å². The average Bonchev–Trinajstić information content (AvgIpc) is 2.06. The molecule has 1 aliphatic heterocycles. The van der Waals surface area contributed by atoms with Crippen molar-refractivity contribution in [3.8, 4) is 0 Å². The molecule has 5 heteroatoms. The average molecular weight is 178 g/mol. The van der Waals surface area contributed by atoms with E-state index in [1.54, 1.807) is 0 Å². The Labute approximate surface area is 65.4 Å². The number of hydrogen-bond acceptors (Lipinski definition) is 3. The van der Waals surface area contributed by atoms with Gasteiger partial charge in [0, 0.05) is 7.11 Å². The van der Waals surface area contributed by atoms with E-state index in [1.165, 1.54) is 13.4 Å². The predicted octanol–water partition coefficient (Wildman–Crippen LogP) is 1.47. The number of hydrogen-bond donors (Lipinski definition) is 1. The van der Waals surface area contributed by atoms with Crippen LogP contribution in [-0.2, 0) is 13.8 Å². The molecule has 0 aromatic heterocycles. The highest BCUT2D eigenvalue weighted by Crippen LogP contribution is 2.49. The minimum atomic E-state index is -3.52. The molecule has 64 valence electrons. The van der Waals surface area contributed by atoms with E-state index < -0.39 is 13.4 Å². The summed E-state index contributed by atoms with van der Waals surface area (Å²) < 4.78 is 20.5. The molecule has 0 aromatic rings. The lowest BCUT2D eigenvalue weighted by Crippen LogP contribution is -2.13. The zero-order valence-corrected chi connectivity index (χ0v) is 7.16. The van der Waals surface area contributed by atoms with E-state index in [2.05, 4.69) is 4.52 Å². The third-order valence-electron chi connectivity index (χ3n) is 1.54. The van der Waals surface area contributed by atoms with E-state index in [0.29, 0.717) is 6.42 Å². The standard InChI is InChI=1S/C6H11O4P/c1-9-11(7,8)6-4-2-3-5-10-6/h3,5-6H,2,4H2,1H3,(H,7,8). The van der Waals surface area contributed by atoms with Crippen molar-refractivity contribution in [3.63, 3.8) is 0 Å². The van der Waals surface area contributed by atoms with Crippen LogP contribution >= 0.6 is 7.60 Å². The summed E-state index contributed by atoms with van der Waals surface area (Å²) in [4.78, 5) is 9.12. The SMILES string of the molecule is COP(=O)(O)C1CCC=CO1. The molecule has 0 radical (unpaired) electrons. The maximum Gasteiger partial charge on any atom is 0.367 e. The van der Waals surface area contributed by atoms with Gasteiger partial charge in [0.05, 0.1) is 6.26 Å². The van der Waals surface area contributed by atoms with E-state index in [9.17, 15) is 4.57 Å². The number of rotatable bonds is 2. The van der Waals surface area contributed by atoms with Crippen molar-refractivity contribution in [3.05, 3.63) is 12.3 Å². The van der Waals surface area contributed by atoms with Gasteiger partial charge in [0.15, 0.2) is 5.85 Å². The molecule has 0 aliphatic carbocycles. The van der Waals surface area contributed by atoms with Gasteiger partial charge in [-0.1, -0.05) is 0 Å². The third kappa shape index (κ3) is 2.06. The Bertz CT molecular complexity index is 201. The molecule has 0 saturated carbocycles. The van der Waals surface area contributed by atoms with Crippen molar-refractivity contribution < 1.29 is 18.7 Å². The monoisotopic (exact) mass is 178 g/mol. The third-order valence-corrected chi connectivity index (χ3v) is 3.17. The Morgan fingerprint density at radius 2 is 2.55 bits per heavy atom. The van der Waals surface area contributed by atoms with E-state index in [0.717, 1.165) is 6.42 Å². The molecule has 0 amide bonds. The fraction of sp³-hybridized carbons (Fsp3) is 0.667. The zero-order valence-electron chi connectivity index (χ0n) is 6.27. The fourth-order valence-corrected chi connectivity index (χ4v) is 1.81. The first-order chi connectivity index (χ1) is 5.17. The molecule has 0 bridgehead atoms. The molecular formula is C6H11O4P. The number of ether oxygens (including phenoxy) is 1. The van der Waals surface area contributed by atoms with Crippen molar-refractivity contribution in [2.24, 2.45) is 0 Å². The van der Waals surface area contributed by atoms with Gasteiger partial charge in [-0.25, -0.2) is 0 Å². The Kier molecular flexibility index (Phi) is 2.71. The summed E-state index contributed by atoms with van der Waals surface area (Å²) in [7, 11) is -2.31. The zero-order chi connectivity index (χ0) is 8.32. The molecule has 0 aromatic carbocycles. The minimum absolute atomic E-state index is 0.540. The Balaban J connectivity index is 2.60. The molecule has 2 unspecified atom stereocenters. The van der Waals surface area contributed by atoms with Crippen molar-refractivity contribution in [2.75, 3.05) is 7.11 Å². The summed E-state index contributed by atoms with van der Waals surface area (Å²) >= 11 is 0. The van der Waals surface area contributed by atoms with Gasteiger partial charge in [-0.3, -0.25) is 4.57 Å². The second-order valence-electron chi connectivity index (χ2n) is 2.29. The van der Waals surface area contributed by atoms with Gasteiger partial charge < -0.3 is 14.2 Å². The van der Waals surface area contributed by atoms with Crippen molar-refractivity contribution in [2.45, 2.75) is 18.7 Å². The van der Waals surface area contributed by atoms with Gasteiger partial charge in [-0.05, 0) is 18.9 Å². The van der Waals surface area contributed by atoms with Gasteiger partial charge in [-0.15, -0.1) is 0 Å². The lowest BCUT2D eigenvalue weighted by molar-refractivity contribution is 0.148. The lowest BCUT2D eigenvalue weighted by Gasteiger charge is -2.22. The molecule has 2 atom stereocenters.